The average molecular weight is 266 g/mol. The first-order valence-electron chi connectivity index (χ1n) is 6.67. The number of hydrogen-bond acceptors (Lipinski definition) is 4. The molecule has 2 unspecified atom stereocenters. The summed E-state index contributed by atoms with van der Waals surface area (Å²) in [5.41, 5.74) is 5.76. The Hall–Kier alpha value is -1.61. The largest absolute Gasteiger partial charge is 0.356 e. The van der Waals surface area contributed by atoms with Crippen LogP contribution in [0.2, 0.25) is 0 Å². The van der Waals surface area contributed by atoms with Crippen molar-refractivity contribution in [1.29, 1.82) is 5.26 Å². The van der Waals surface area contributed by atoms with E-state index in [-0.39, 0.29) is 17.7 Å². The standard InChI is InChI=1S/C13H22N4O2/c1-8(2)5-11(15)13(19)17-10(7-14)6-9-3-4-16-12(9)18/h8-11H,3-6,15H2,1-2H3,(H,16,18)(H,17,19)/t9-,10?,11?/m0/s1. The summed E-state index contributed by atoms with van der Waals surface area (Å²) in [5, 5.41) is 14.4. The number of carbonyl (C=O) groups is 2. The second-order valence-corrected chi connectivity index (χ2v) is 5.44. The van der Waals surface area contributed by atoms with Gasteiger partial charge in [0.2, 0.25) is 11.8 Å². The summed E-state index contributed by atoms with van der Waals surface area (Å²) in [6, 6.07) is 0.764. The second kappa shape index (κ2) is 7.10. The molecule has 1 saturated heterocycles. The van der Waals surface area contributed by atoms with Gasteiger partial charge in [-0.2, -0.15) is 5.26 Å². The normalized spacial score (nSPS) is 21.6. The number of hydrogen-bond donors (Lipinski definition) is 3. The van der Waals surface area contributed by atoms with Gasteiger partial charge in [-0.25, -0.2) is 0 Å². The van der Waals surface area contributed by atoms with E-state index < -0.39 is 12.1 Å². The Labute approximate surface area is 113 Å². The minimum absolute atomic E-state index is 0.0408. The zero-order chi connectivity index (χ0) is 14.4. The molecule has 4 N–H and O–H groups in total. The molecule has 0 aromatic carbocycles. The first-order chi connectivity index (χ1) is 8.93. The van der Waals surface area contributed by atoms with Gasteiger partial charge in [-0.05, 0) is 25.2 Å². The number of nitrogens with two attached hydrogens (primary N) is 1. The summed E-state index contributed by atoms with van der Waals surface area (Å²) in [4.78, 5) is 23.2. The van der Waals surface area contributed by atoms with Gasteiger partial charge >= 0.3 is 0 Å². The molecule has 106 valence electrons. The van der Waals surface area contributed by atoms with Crippen molar-refractivity contribution in [2.24, 2.45) is 17.6 Å². The Morgan fingerprint density at radius 2 is 2.32 bits per heavy atom. The van der Waals surface area contributed by atoms with Crippen LogP contribution >= 0.6 is 0 Å². The predicted octanol–water partition coefficient (Wildman–Crippen LogP) is -0.106. The Bertz CT molecular complexity index is 375. The second-order valence-electron chi connectivity index (χ2n) is 5.44. The highest BCUT2D eigenvalue weighted by Crippen LogP contribution is 2.16. The number of nitrogens with zero attached hydrogens (tertiary/aromatic N) is 1. The smallest absolute Gasteiger partial charge is 0.237 e. The number of rotatable bonds is 6. The Morgan fingerprint density at radius 3 is 2.79 bits per heavy atom. The summed E-state index contributed by atoms with van der Waals surface area (Å²) >= 11 is 0. The van der Waals surface area contributed by atoms with Gasteiger partial charge in [-0.3, -0.25) is 9.59 Å². The Kier molecular flexibility index (Phi) is 5.77. The maximum absolute atomic E-state index is 11.8. The van der Waals surface area contributed by atoms with Gasteiger partial charge in [0.05, 0.1) is 12.1 Å². The third-order valence-corrected chi connectivity index (χ3v) is 3.22. The Morgan fingerprint density at radius 1 is 1.63 bits per heavy atom. The molecule has 0 spiro atoms. The molecule has 2 amide bonds. The molecule has 1 rings (SSSR count). The third-order valence-electron chi connectivity index (χ3n) is 3.22. The molecule has 0 aromatic heterocycles. The van der Waals surface area contributed by atoms with Crippen LogP contribution in [0.1, 0.15) is 33.1 Å². The summed E-state index contributed by atoms with van der Waals surface area (Å²) in [7, 11) is 0. The number of amides is 2. The van der Waals surface area contributed by atoms with Gasteiger partial charge in [-0.1, -0.05) is 13.8 Å². The van der Waals surface area contributed by atoms with E-state index in [9.17, 15) is 9.59 Å². The zero-order valence-corrected chi connectivity index (χ0v) is 11.5. The van der Waals surface area contributed by atoms with Crippen LogP contribution in [0.25, 0.3) is 0 Å². The molecule has 1 fully saturated rings. The van der Waals surface area contributed by atoms with E-state index in [1.54, 1.807) is 0 Å². The topological polar surface area (TPSA) is 108 Å². The molecular formula is C13H22N4O2. The lowest BCUT2D eigenvalue weighted by atomic mass is 9.98. The maximum atomic E-state index is 11.8. The molecule has 1 aliphatic rings. The van der Waals surface area contributed by atoms with E-state index in [1.165, 1.54) is 0 Å². The van der Waals surface area contributed by atoms with Crippen LogP contribution in [0, 0.1) is 23.2 Å². The van der Waals surface area contributed by atoms with E-state index >= 15 is 0 Å². The number of nitrogens with one attached hydrogen (secondary N) is 2. The third kappa shape index (κ3) is 4.87. The molecule has 0 radical (unpaired) electrons. The molecule has 3 atom stereocenters. The molecule has 0 aliphatic carbocycles. The molecule has 0 aromatic rings. The van der Waals surface area contributed by atoms with Gasteiger partial charge in [0, 0.05) is 12.5 Å². The summed E-state index contributed by atoms with van der Waals surface area (Å²) < 4.78 is 0. The van der Waals surface area contributed by atoms with Crippen LogP contribution in [0.4, 0.5) is 0 Å². The van der Waals surface area contributed by atoms with E-state index in [0.717, 1.165) is 0 Å². The van der Waals surface area contributed by atoms with Gasteiger partial charge in [0.15, 0.2) is 0 Å². The number of nitriles is 1. The molecule has 0 saturated carbocycles. The number of carbonyl (C=O) groups excluding carboxylic acids is 2. The van der Waals surface area contributed by atoms with Crippen LogP contribution in [0.3, 0.4) is 0 Å². The van der Waals surface area contributed by atoms with Crippen molar-refractivity contribution in [2.75, 3.05) is 6.54 Å². The van der Waals surface area contributed by atoms with Gasteiger partial charge in [0.25, 0.3) is 0 Å². The van der Waals surface area contributed by atoms with Crippen molar-refractivity contribution >= 4 is 11.8 Å². The first-order valence-corrected chi connectivity index (χ1v) is 6.67. The van der Waals surface area contributed by atoms with Crippen LogP contribution < -0.4 is 16.4 Å². The van der Waals surface area contributed by atoms with Crippen LogP contribution in [0.5, 0.6) is 0 Å². The lowest BCUT2D eigenvalue weighted by molar-refractivity contribution is -0.125. The summed E-state index contributed by atoms with van der Waals surface area (Å²) in [5.74, 6) is -0.229. The van der Waals surface area contributed by atoms with Crippen molar-refractivity contribution in [2.45, 2.75) is 45.2 Å². The SMILES string of the molecule is CC(C)CC(N)C(=O)NC(C#N)C[C@@H]1CCNC1=O. The molecule has 1 aliphatic heterocycles. The monoisotopic (exact) mass is 266 g/mol. The minimum atomic E-state index is -0.653. The fraction of sp³-hybridized carbons (Fsp3) is 0.769. The van der Waals surface area contributed by atoms with E-state index in [1.807, 2.05) is 19.9 Å². The molecule has 6 heteroatoms. The summed E-state index contributed by atoms with van der Waals surface area (Å²) in [6.07, 6.45) is 1.64. The van der Waals surface area contributed by atoms with Crippen LogP contribution in [0.15, 0.2) is 0 Å². The quantitative estimate of drug-likeness (QED) is 0.623. The van der Waals surface area contributed by atoms with Crippen molar-refractivity contribution < 1.29 is 9.59 Å². The minimum Gasteiger partial charge on any atom is -0.356 e. The highest BCUT2D eigenvalue weighted by molar-refractivity contribution is 5.83. The summed E-state index contributed by atoms with van der Waals surface area (Å²) in [6.45, 7) is 4.61. The molecule has 1 heterocycles. The lowest BCUT2D eigenvalue weighted by Gasteiger charge is -2.18. The maximum Gasteiger partial charge on any atom is 0.237 e. The van der Waals surface area contributed by atoms with Crippen molar-refractivity contribution in [1.82, 2.24) is 10.6 Å². The van der Waals surface area contributed by atoms with Crippen molar-refractivity contribution in [3.8, 4) is 6.07 Å². The van der Waals surface area contributed by atoms with Crippen LogP contribution in [-0.2, 0) is 9.59 Å². The zero-order valence-electron chi connectivity index (χ0n) is 11.5. The van der Waals surface area contributed by atoms with Gasteiger partial charge < -0.3 is 16.4 Å². The fourth-order valence-electron chi connectivity index (χ4n) is 2.19. The fourth-order valence-corrected chi connectivity index (χ4v) is 2.19. The highest BCUT2D eigenvalue weighted by atomic mass is 16.2. The van der Waals surface area contributed by atoms with Crippen molar-refractivity contribution in [3.05, 3.63) is 0 Å². The van der Waals surface area contributed by atoms with E-state index in [2.05, 4.69) is 10.6 Å². The van der Waals surface area contributed by atoms with Gasteiger partial charge in [0.1, 0.15) is 6.04 Å². The molecule has 0 bridgehead atoms. The molecule has 19 heavy (non-hydrogen) atoms. The van der Waals surface area contributed by atoms with E-state index in [0.29, 0.717) is 31.7 Å². The van der Waals surface area contributed by atoms with E-state index in [4.69, 9.17) is 11.0 Å². The highest BCUT2D eigenvalue weighted by Gasteiger charge is 2.28. The lowest BCUT2D eigenvalue weighted by Crippen LogP contribution is -2.46. The van der Waals surface area contributed by atoms with Crippen LogP contribution in [-0.4, -0.2) is 30.4 Å². The van der Waals surface area contributed by atoms with Crippen molar-refractivity contribution in [3.63, 3.8) is 0 Å². The first kappa shape index (κ1) is 15.4. The molecular weight excluding hydrogens is 244 g/mol. The molecule has 6 nitrogen and oxygen atoms in total. The average Bonchev–Trinajstić information content (AvgIpc) is 2.73. The predicted molar refractivity (Wildman–Crippen MR) is 70.7 cm³/mol. The Balaban J connectivity index is 2.46. The van der Waals surface area contributed by atoms with Gasteiger partial charge in [-0.15, -0.1) is 0 Å².